The van der Waals surface area contributed by atoms with Crippen LogP contribution in [0.5, 0.6) is 0 Å². The van der Waals surface area contributed by atoms with Crippen LogP contribution in [0.15, 0.2) is 46.6 Å². The van der Waals surface area contributed by atoms with Gasteiger partial charge in [-0.15, -0.1) is 0 Å². The number of rotatable bonds is 6. The van der Waals surface area contributed by atoms with Crippen molar-refractivity contribution in [2.24, 2.45) is 0 Å². The Hall–Kier alpha value is -1.28. The molecule has 188 valence electrons. The zero-order valence-electron chi connectivity index (χ0n) is 17.2. The van der Waals surface area contributed by atoms with Gasteiger partial charge >= 0.3 is 18.9 Å². The van der Waals surface area contributed by atoms with E-state index in [9.17, 15) is 60.7 Å². The summed E-state index contributed by atoms with van der Waals surface area (Å²) in [7, 11) is -11.8. The minimum atomic E-state index is -5.90. The summed E-state index contributed by atoms with van der Waals surface area (Å²) in [6.45, 7) is 1.11. The van der Waals surface area contributed by atoms with Crippen molar-refractivity contribution in [3.63, 3.8) is 0 Å². The van der Waals surface area contributed by atoms with E-state index in [0.29, 0.717) is 13.8 Å². The van der Waals surface area contributed by atoms with Crippen LogP contribution < -0.4 is 18.9 Å². The molecule has 5 nitrogen and oxygen atoms in total. The van der Waals surface area contributed by atoms with E-state index in [1.165, 1.54) is 0 Å². The first-order valence-corrected chi connectivity index (χ1v) is 11.9. The molecule has 4 unspecified atom stereocenters. The Morgan fingerprint density at radius 2 is 0.912 bits per heavy atom. The van der Waals surface area contributed by atoms with E-state index < -0.39 is 99.9 Å². The molecular weight excluding hydrogens is 531 g/mol. The maximum atomic E-state index is 14.9. The molecule has 0 spiro atoms. The molecule has 0 N–H and O–H groups in total. The van der Waals surface area contributed by atoms with Crippen LogP contribution in [-0.4, -0.2) is 50.4 Å². The normalized spacial score (nSPS) is 31.3. The molecule has 4 atom stereocenters. The second-order valence-electron chi connectivity index (χ2n) is 6.62. The van der Waals surface area contributed by atoms with E-state index in [4.69, 9.17) is 0 Å². The molecule has 2 aliphatic rings. The summed E-state index contributed by atoms with van der Waals surface area (Å²) in [4.78, 5) is -9.83. The number of nitrogens with zero attached hydrogens (tertiary/aromatic N) is 1. The van der Waals surface area contributed by atoms with Gasteiger partial charge < -0.3 is 5.32 Å². The maximum absolute atomic E-state index is 14.9. The maximum Gasteiger partial charge on any atom is 1.00 e. The van der Waals surface area contributed by atoms with Crippen molar-refractivity contribution in [3.8, 4) is 0 Å². The topological polar surface area (TPSA) is 82.4 Å². The van der Waals surface area contributed by atoms with Crippen LogP contribution in [0.2, 0.25) is 0 Å². The first-order chi connectivity index (χ1) is 14.9. The molecule has 0 aromatic heterocycles. The van der Waals surface area contributed by atoms with Gasteiger partial charge in [-0.25, -0.2) is 60.7 Å². The van der Waals surface area contributed by atoms with E-state index in [1.807, 2.05) is 0 Å². The molecule has 2 rings (SSSR count). The standard InChI is InChI=1S/C16H12F10NO4S2.Li/c1-3-32(28,29)15(11(23)7(19)5(17)8(20)12(15)24)27-16(33(30,31)4-2)13(25)9(21)6(18)10(22)14(16)26;/h11,13H,3-4H2,1-2H3;/q-1;+1. The number of sulfone groups is 2. The Morgan fingerprint density at radius 1 is 0.647 bits per heavy atom. The predicted molar refractivity (Wildman–Crippen MR) is 94.5 cm³/mol. The Balaban J connectivity index is 0.00000578. The van der Waals surface area contributed by atoms with Crippen LogP contribution in [0.3, 0.4) is 0 Å². The minimum Gasteiger partial charge on any atom is -0.608 e. The third-order valence-corrected chi connectivity index (χ3v) is 9.36. The molecule has 0 aliphatic heterocycles. The van der Waals surface area contributed by atoms with E-state index in [2.05, 4.69) is 5.32 Å². The van der Waals surface area contributed by atoms with Crippen LogP contribution in [0.4, 0.5) is 43.9 Å². The van der Waals surface area contributed by atoms with Gasteiger partial charge in [-0.2, -0.15) is 0 Å². The summed E-state index contributed by atoms with van der Waals surface area (Å²) in [5.41, 5.74) is 0. The zero-order valence-corrected chi connectivity index (χ0v) is 18.9. The van der Waals surface area contributed by atoms with Gasteiger partial charge in [0, 0.05) is 11.5 Å². The Bertz CT molecular complexity index is 1140. The van der Waals surface area contributed by atoms with Crippen molar-refractivity contribution in [3.05, 3.63) is 51.9 Å². The number of halogens is 10. The molecule has 0 amide bonds. The third-order valence-electron chi connectivity index (χ3n) is 4.99. The molecule has 0 saturated carbocycles. The first-order valence-electron chi connectivity index (χ1n) is 8.62. The zero-order chi connectivity index (χ0) is 25.9. The van der Waals surface area contributed by atoms with Crippen LogP contribution in [0.25, 0.3) is 5.32 Å². The second-order valence-corrected chi connectivity index (χ2v) is 11.5. The van der Waals surface area contributed by atoms with E-state index in [1.54, 1.807) is 0 Å². The average molecular weight is 543 g/mol. The average Bonchev–Trinajstić information content (AvgIpc) is 2.78. The van der Waals surface area contributed by atoms with Gasteiger partial charge in [-0.1, -0.05) is 13.8 Å². The van der Waals surface area contributed by atoms with Crippen LogP contribution in [0.1, 0.15) is 13.8 Å². The Labute approximate surface area is 198 Å². The van der Waals surface area contributed by atoms with Crippen molar-refractivity contribution in [2.75, 3.05) is 11.5 Å². The molecule has 0 aromatic rings. The Kier molecular flexibility index (Phi) is 8.72. The van der Waals surface area contributed by atoms with Gasteiger partial charge in [-0.05, 0) is 0 Å². The molecule has 34 heavy (non-hydrogen) atoms. The summed E-state index contributed by atoms with van der Waals surface area (Å²) in [6.07, 6.45) is -8.62. The van der Waals surface area contributed by atoms with Crippen molar-refractivity contribution in [2.45, 2.75) is 35.9 Å². The molecule has 0 heterocycles. The molecule has 0 saturated heterocycles. The molecular formula is C16H12F10LiNO4S2. The van der Waals surface area contributed by atoms with Crippen LogP contribution in [-0.2, 0) is 19.7 Å². The molecule has 0 radical (unpaired) electrons. The fourth-order valence-electron chi connectivity index (χ4n) is 3.13. The largest absolute Gasteiger partial charge is 1.00 e. The van der Waals surface area contributed by atoms with E-state index in [-0.39, 0.29) is 18.9 Å². The third kappa shape index (κ3) is 3.78. The molecule has 0 aromatic carbocycles. The SMILES string of the molecule is CCS(=O)(=O)C1([N-]C2(S(=O)(=O)CC)C(F)=C(F)C(F)=C(F)C2F)C(F)=C(F)C(F)=C(F)C1F.[Li+]. The summed E-state index contributed by atoms with van der Waals surface area (Å²) in [5, 5.41) is 2.38. The van der Waals surface area contributed by atoms with Crippen LogP contribution >= 0.6 is 0 Å². The van der Waals surface area contributed by atoms with Gasteiger partial charge in [0.1, 0.15) is 31.3 Å². The molecule has 0 fully saturated rings. The molecule has 2 aliphatic carbocycles. The van der Waals surface area contributed by atoms with Gasteiger partial charge in [-0.3, -0.25) is 0 Å². The van der Waals surface area contributed by atoms with E-state index >= 15 is 0 Å². The van der Waals surface area contributed by atoms with E-state index in [0.717, 1.165) is 0 Å². The van der Waals surface area contributed by atoms with Crippen molar-refractivity contribution in [1.82, 2.24) is 0 Å². The molecule has 18 heteroatoms. The summed E-state index contributed by atoms with van der Waals surface area (Å²) in [6, 6.07) is 0. The first kappa shape index (κ1) is 30.7. The smallest absolute Gasteiger partial charge is 0.608 e. The summed E-state index contributed by atoms with van der Waals surface area (Å²) >= 11 is 0. The van der Waals surface area contributed by atoms with Crippen LogP contribution in [0, 0.1) is 0 Å². The quantitative estimate of drug-likeness (QED) is 0.379. The number of alkyl halides is 2. The number of hydrogen-bond donors (Lipinski definition) is 0. The number of allylic oxidation sites excluding steroid dienone is 4. The monoisotopic (exact) mass is 543 g/mol. The van der Waals surface area contributed by atoms with Gasteiger partial charge in [0.2, 0.25) is 0 Å². The second kappa shape index (κ2) is 9.64. The van der Waals surface area contributed by atoms with Gasteiger partial charge in [0.15, 0.2) is 47.3 Å². The van der Waals surface area contributed by atoms with Crippen molar-refractivity contribution >= 4 is 19.7 Å². The Morgan fingerprint density at radius 3 is 1.15 bits per heavy atom. The van der Waals surface area contributed by atoms with Crippen molar-refractivity contribution in [1.29, 1.82) is 0 Å². The fraction of sp³-hybridized carbons (Fsp3) is 0.500. The van der Waals surface area contributed by atoms with Crippen molar-refractivity contribution < 1.29 is 79.6 Å². The summed E-state index contributed by atoms with van der Waals surface area (Å²) < 4.78 is 193. The van der Waals surface area contributed by atoms with Gasteiger partial charge in [0.25, 0.3) is 0 Å². The minimum absolute atomic E-state index is 0. The summed E-state index contributed by atoms with van der Waals surface area (Å²) in [5.74, 6) is -27.6. The molecule has 0 bridgehead atoms. The predicted octanol–water partition coefficient (Wildman–Crippen LogP) is 1.93. The van der Waals surface area contributed by atoms with Gasteiger partial charge in [0.05, 0.1) is 9.74 Å². The number of hydrogen-bond acceptors (Lipinski definition) is 4. The fourth-order valence-corrected chi connectivity index (χ4v) is 6.20.